The Morgan fingerprint density at radius 2 is 1.58 bits per heavy atom. The average Bonchev–Trinajstić information content (AvgIpc) is 2.46. The first-order valence-electron chi connectivity index (χ1n) is 6.12. The summed E-state index contributed by atoms with van der Waals surface area (Å²) in [6.07, 6.45) is 0.109. The Hall–Kier alpha value is -1.61. The zero-order chi connectivity index (χ0) is 13.7. The van der Waals surface area contributed by atoms with E-state index in [1.54, 1.807) is 0 Å². The van der Waals surface area contributed by atoms with Gasteiger partial charge < -0.3 is 5.11 Å². The molecule has 0 aliphatic carbocycles. The Labute approximate surface area is 121 Å². The van der Waals surface area contributed by atoms with E-state index in [0.717, 1.165) is 16.5 Å². The fourth-order valence-electron chi connectivity index (χ4n) is 2.13. The number of alkyl halides is 1. The van der Waals surface area contributed by atoms with Crippen molar-refractivity contribution in [2.24, 2.45) is 0 Å². The Morgan fingerprint density at radius 1 is 1.00 bits per heavy atom. The van der Waals surface area contributed by atoms with Crippen molar-refractivity contribution in [1.29, 1.82) is 0 Å². The first-order valence-corrected chi connectivity index (χ1v) is 7.24. The normalized spacial score (nSPS) is 12.1. The van der Waals surface area contributed by atoms with Crippen LogP contribution in [-0.4, -0.2) is 11.1 Å². The van der Waals surface area contributed by atoms with Crippen LogP contribution in [0, 0.1) is 0 Å². The van der Waals surface area contributed by atoms with Gasteiger partial charge in [0.25, 0.3) is 0 Å². The number of carbonyl (C=O) groups is 1. The molecule has 0 aliphatic rings. The molecule has 0 saturated heterocycles. The summed E-state index contributed by atoms with van der Waals surface area (Å²) in [5.74, 6) is -0.874. The minimum atomic E-state index is -0.779. The number of hydrogen-bond acceptors (Lipinski definition) is 1. The highest BCUT2D eigenvalue weighted by atomic mass is 79.9. The third-order valence-corrected chi connectivity index (χ3v) is 3.76. The van der Waals surface area contributed by atoms with Crippen LogP contribution in [0.3, 0.4) is 0 Å². The van der Waals surface area contributed by atoms with E-state index < -0.39 is 5.97 Å². The summed E-state index contributed by atoms with van der Waals surface area (Å²) in [6, 6.07) is 17.9. The van der Waals surface area contributed by atoms with E-state index in [1.807, 2.05) is 54.6 Å². The summed E-state index contributed by atoms with van der Waals surface area (Å²) in [5.41, 5.74) is 3.26. The number of benzene rings is 2. The summed E-state index contributed by atoms with van der Waals surface area (Å²) < 4.78 is 0. The SMILES string of the molecule is O=C(O)CC(c1ccccc1)c1ccc(CBr)cc1. The summed E-state index contributed by atoms with van der Waals surface area (Å²) >= 11 is 3.41. The van der Waals surface area contributed by atoms with Crippen molar-refractivity contribution in [3.8, 4) is 0 Å². The van der Waals surface area contributed by atoms with Gasteiger partial charge in [-0.3, -0.25) is 4.79 Å². The van der Waals surface area contributed by atoms with Crippen LogP contribution in [-0.2, 0) is 10.1 Å². The van der Waals surface area contributed by atoms with Gasteiger partial charge in [0, 0.05) is 11.2 Å². The number of aliphatic carboxylic acids is 1. The minimum absolute atomic E-state index is 0.0944. The second kappa shape index (κ2) is 6.53. The van der Waals surface area contributed by atoms with E-state index >= 15 is 0 Å². The molecule has 0 bridgehead atoms. The van der Waals surface area contributed by atoms with Gasteiger partial charge in [0.2, 0.25) is 0 Å². The van der Waals surface area contributed by atoms with Gasteiger partial charge in [-0.1, -0.05) is 70.5 Å². The topological polar surface area (TPSA) is 37.3 Å². The molecule has 98 valence electrons. The summed E-state index contributed by atoms with van der Waals surface area (Å²) in [6.45, 7) is 0. The minimum Gasteiger partial charge on any atom is -0.481 e. The van der Waals surface area contributed by atoms with Crippen molar-refractivity contribution >= 4 is 21.9 Å². The van der Waals surface area contributed by atoms with Crippen molar-refractivity contribution < 1.29 is 9.90 Å². The van der Waals surface area contributed by atoms with Gasteiger partial charge in [0.05, 0.1) is 6.42 Å². The van der Waals surface area contributed by atoms with Crippen molar-refractivity contribution in [3.63, 3.8) is 0 Å². The summed E-state index contributed by atoms with van der Waals surface area (Å²) in [5, 5.41) is 9.91. The highest BCUT2D eigenvalue weighted by molar-refractivity contribution is 9.08. The van der Waals surface area contributed by atoms with Crippen LogP contribution in [0.15, 0.2) is 54.6 Å². The molecule has 0 fully saturated rings. The number of carboxylic acid groups (broad SMARTS) is 1. The molecule has 0 heterocycles. The van der Waals surface area contributed by atoms with Crippen molar-refractivity contribution in [2.75, 3.05) is 0 Å². The van der Waals surface area contributed by atoms with Crippen LogP contribution in [0.25, 0.3) is 0 Å². The van der Waals surface area contributed by atoms with E-state index in [2.05, 4.69) is 15.9 Å². The van der Waals surface area contributed by atoms with Gasteiger partial charge in [0.1, 0.15) is 0 Å². The lowest BCUT2D eigenvalue weighted by molar-refractivity contribution is -0.137. The maximum Gasteiger partial charge on any atom is 0.304 e. The molecule has 19 heavy (non-hydrogen) atoms. The molecule has 2 nitrogen and oxygen atoms in total. The lowest BCUT2D eigenvalue weighted by Gasteiger charge is -2.16. The van der Waals surface area contributed by atoms with E-state index in [1.165, 1.54) is 5.56 Å². The highest BCUT2D eigenvalue weighted by Gasteiger charge is 2.17. The molecule has 0 aliphatic heterocycles. The van der Waals surface area contributed by atoms with Crippen molar-refractivity contribution in [2.45, 2.75) is 17.7 Å². The smallest absolute Gasteiger partial charge is 0.304 e. The molecule has 0 saturated carbocycles. The Balaban J connectivity index is 2.34. The molecule has 3 heteroatoms. The quantitative estimate of drug-likeness (QED) is 0.839. The third kappa shape index (κ3) is 3.67. The van der Waals surface area contributed by atoms with Gasteiger partial charge in [0.15, 0.2) is 0 Å². The molecule has 2 aromatic carbocycles. The largest absolute Gasteiger partial charge is 0.481 e. The zero-order valence-corrected chi connectivity index (χ0v) is 12.0. The van der Waals surface area contributed by atoms with E-state index in [9.17, 15) is 4.79 Å². The molecule has 2 rings (SSSR count). The summed E-state index contributed by atoms with van der Waals surface area (Å²) in [7, 11) is 0. The number of rotatable bonds is 5. The molecule has 1 unspecified atom stereocenters. The molecule has 0 radical (unpaired) electrons. The second-order valence-electron chi connectivity index (χ2n) is 4.44. The molecule has 1 N–H and O–H groups in total. The highest BCUT2D eigenvalue weighted by Crippen LogP contribution is 2.28. The lowest BCUT2D eigenvalue weighted by Crippen LogP contribution is -2.08. The molecule has 2 aromatic rings. The standard InChI is InChI=1S/C16H15BrO2/c17-11-12-6-8-14(9-7-12)15(10-16(18)19)13-4-2-1-3-5-13/h1-9,15H,10-11H2,(H,18,19). The lowest BCUT2D eigenvalue weighted by atomic mass is 9.88. The second-order valence-corrected chi connectivity index (χ2v) is 5.00. The number of carboxylic acids is 1. The van der Waals surface area contributed by atoms with E-state index in [0.29, 0.717) is 0 Å². The average molecular weight is 319 g/mol. The van der Waals surface area contributed by atoms with Crippen LogP contribution >= 0.6 is 15.9 Å². The van der Waals surface area contributed by atoms with Gasteiger partial charge in [-0.15, -0.1) is 0 Å². The fraction of sp³-hybridized carbons (Fsp3) is 0.188. The van der Waals surface area contributed by atoms with E-state index in [-0.39, 0.29) is 12.3 Å². The maximum absolute atomic E-state index is 11.1. The predicted molar refractivity (Wildman–Crippen MR) is 79.6 cm³/mol. The molecular weight excluding hydrogens is 304 g/mol. The molecule has 0 spiro atoms. The molecule has 0 aromatic heterocycles. The van der Waals surface area contributed by atoms with Crippen LogP contribution < -0.4 is 0 Å². The van der Waals surface area contributed by atoms with Crippen molar-refractivity contribution in [3.05, 3.63) is 71.3 Å². The zero-order valence-electron chi connectivity index (χ0n) is 10.4. The first-order chi connectivity index (χ1) is 9.20. The first kappa shape index (κ1) is 13.8. The van der Waals surface area contributed by atoms with Crippen LogP contribution in [0.1, 0.15) is 29.0 Å². The van der Waals surface area contributed by atoms with Crippen LogP contribution in [0.2, 0.25) is 0 Å². The molecule has 0 amide bonds. The molecule has 1 atom stereocenters. The van der Waals surface area contributed by atoms with E-state index in [4.69, 9.17) is 5.11 Å². The Bertz CT molecular complexity index is 534. The molecular formula is C16H15BrO2. The van der Waals surface area contributed by atoms with Crippen LogP contribution in [0.5, 0.6) is 0 Å². The van der Waals surface area contributed by atoms with Gasteiger partial charge in [-0.05, 0) is 16.7 Å². The predicted octanol–water partition coefficient (Wildman–Crippen LogP) is 4.19. The third-order valence-electron chi connectivity index (χ3n) is 3.12. The monoisotopic (exact) mass is 318 g/mol. The maximum atomic E-state index is 11.1. The fourth-order valence-corrected chi connectivity index (χ4v) is 2.50. The Kier molecular flexibility index (Phi) is 4.74. The van der Waals surface area contributed by atoms with Gasteiger partial charge in [-0.25, -0.2) is 0 Å². The van der Waals surface area contributed by atoms with Gasteiger partial charge >= 0.3 is 5.97 Å². The van der Waals surface area contributed by atoms with Crippen LogP contribution in [0.4, 0.5) is 0 Å². The number of halogens is 1. The summed E-state index contributed by atoms with van der Waals surface area (Å²) in [4.78, 5) is 11.1. The van der Waals surface area contributed by atoms with Gasteiger partial charge in [-0.2, -0.15) is 0 Å². The Morgan fingerprint density at radius 3 is 2.11 bits per heavy atom. The number of hydrogen-bond donors (Lipinski definition) is 1. The van der Waals surface area contributed by atoms with Crippen molar-refractivity contribution in [1.82, 2.24) is 0 Å².